The Morgan fingerprint density at radius 2 is 1.74 bits per heavy atom. The summed E-state index contributed by atoms with van der Waals surface area (Å²) in [6.45, 7) is 2.62. The lowest BCUT2D eigenvalue weighted by molar-refractivity contribution is 0.123. The van der Waals surface area contributed by atoms with Gasteiger partial charge in [-0.25, -0.2) is 14.2 Å². The Morgan fingerprint density at radius 1 is 1.09 bits per heavy atom. The van der Waals surface area contributed by atoms with Crippen LogP contribution in [-0.4, -0.2) is 47.5 Å². The van der Waals surface area contributed by atoms with Gasteiger partial charge in [-0.15, -0.1) is 11.3 Å². The maximum atomic E-state index is 13.1. The second kappa shape index (κ2) is 9.92. The van der Waals surface area contributed by atoms with Crippen molar-refractivity contribution in [2.24, 2.45) is 0 Å². The molecule has 3 heterocycles. The van der Waals surface area contributed by atoms with Crippen molar-refractivity contribution in [3.63, 3.8) is 0 Å². The van der Waals surface area contributed by atoms with E-state index in [1.54, 1.807) is 12.1 Å². The molecular formula is C24H20FN7O2S. The van der Waals surface area contributed by atoms with Crippen molar-refractivity contribution >= 4 is 33.7 Å². The molecule has 0 spiro atoms. The highest BCUT2D eigenvalue weighted by Gasteiger charge is 2.26. The molecule has 11 heteroatoms. The molecule has 0 aliphatic carbocycles. The summed E-state index contributed by atoms with van der Waals surface area (Å²) in [5, 5.41) is 23.3. The molecule has 2 aromatic heterocycles. The average Bonchev–Trinajstić information content (AvgIpc) is 3.54. The Morgan fingerprint density at radius 3 is 2.34 bits per heavy atom. The topological polar surface area (TPSA) is 119 Å². The molecule has 35 heavy (non-hydrogen) atoms. The molecule has 0 bridgehead atoms. The number of aromatic amines is 1. The van der Waals surface area contributed by atoms with Crippen LogP contribution in [0.1, 0.15) is 5.56 Å². The van der Waals surface area contributed by atoms with Crippen LogP contribution in [0, 0.1) is 17.1 Å². The third-order valence-electron chi connectivity index (χ3n) is 5.46. The van der Waals surface area contributed by atoms with Gasteiger partial charge in [0, 0.05) is 30.0 Å². The molecule has 9 nitrogen and oxygen atoms in total. The van der Waals surface area contributed by atoms with E-state index in [0.29, 0.717) is 49.1 Å². The number of benzene rings is 2. The number of nitrogens with zero attached hydrogens (tertiary/aromatic N) is 4. The fourth-order valence-corrected chi connectivity index (χ4v) is 5.09. The normalized spacial score (nSPS) is 13.3. The molecule has 2 amide bonds. The number of carbonyl (C=O) groups is 1. The third-order valence-corrected chi connectivity index (χ3v) is 6.72. The first-order valence-electron chi connectivity index (χ1n) is 10.8. The van der Waals surface area contributed by atoms with Crippen LogP contribution < -0.4 is 15.5 Å². The minimum atomic E-state index is -0.449. The number of nitrogens with one attached hydrogen (secondary N) is 3. The van der Waals surface area contributed by atoms with Crippen molar-refractivity contribution < 1.29 is 13.9 Å². The molecule has 4 aromatic rings. The predicted molar refractivity (Wildman–Crippen MR) is 132 cm³/mol. The van der Waals surface area contributed by atoms with E-state index in [-0.39, 0.29) is 5.82 Å². The predicted octanol–water partition coefficient (Wildman–Crippen LogP) is 4.69. The van der Waals surface area contributed by atoms with Crippen molar-refractivity contribution in [1.29, 1.82) is 5.26 Å². The number of carbonyl (C=O) groups excluding carboxylic acids is 1. The van der Waals surface area contributed by atoms with E-state index in [4.69, 9.17) is 4.74 Å². The van der Waals surface area contributed by atoms with Gasteiger partial charge in [0.2, 0.25) is 0 Å². The SMILES string of the molecule is N#Cc1c(N2CCOCC2)sc(-c2ncn[nH]2)c1-c1ccc(NC(=O)Nc2ccc(F)cc2)cc1. The maximum Gasteiger partial charge on any atom is 0.323 e. The molecule has 1 saturated heterocycles. The van der Waals surface area contributed by atoms with Crippen LogP contribution in [0.2, 0.25) is 0 Å². The van der Waals surface area contributed by atoms with E-state index in [0.717, 1.165) is 21.0 Å². The third kappa shape index (κ3) is 4.84. The fraction of sp³-hybridized carbons (Fsp3) is 0.167. The quantitative estimate of drug-likeness (QED) is 0.374. The Bertz CT molecular complexity index is 1360. The number of aromatic nitrogens is 3. The number of urea groups is 1. The molecule has 1 fully saturated rings. The number of amides is 2. The van der Waals surface area contributed by atoms with Gasteiger partial charge >= 0.3 is 6.03 Å². The summed E-state index contributed by atoms with van der Waals surface area (Å²) in [5.74, 6) is 0.208. The van der Waals surface area contributed by atoms with E-state index in [1.807, 2.05) is 12.1 Å². The number of anilines is 3. The second-order valence-corrected chi connectivity index (χ2v) is 8.69. The van der Waals surface area contributed by atoms with Gasteiger partial charge in [0.25, 0.3) is 0 Å². The van der Waals surface area contributed by atoms with Crippen LogP contribution in [0.3, 0.4) is 0 Å². The highest BCUT2D eigenvalue weighted by atomic mass is 32.1. The smallest absolute Gasteiger partial charge is 0.323 e. The number of hydrogen-bond acceptors (Lipinski definition) is 7. The number of halogens is 1. The number of ether oxygens (including phenoxy) is 1. The van der Waals surface area contributed by atoms with Gasteiger partial charge in [0.05, 0.1) is 23.7 Å². The van der Waals surface area contributed by atoms with Crippen molar-refractivity contribution in [1.82, 2.24) is 15.2 Å². The minimum absolute atomic E-state index is 0.377. The van der Waals surface area contributed by atoms with E-state index in [9.17, 15) is 14.4 Å². The summed E-state index contributed by atoms with van der Waals surface area (Å²) >= 11 is 1.49. The molecule has 0 atom stereocenters. The zero-order chi connectivity index (χ0) is 24.2. The van der Waals surface area contributed by atoms with Crippen LogP contribution in [0.4, 0.5) is 25.6 Å². The first-order chi connectivity index (χ1) is 17.1. The zero-order valence-electron chi connectivity index (χ0n) is 18.4. The summed E-state index contributed by atoms with van der Waals surface area (Å²) in [6, 6.07) is 14.7. The highest BCUT2D eigenvalue weighted by molar-refractivity contribution is 7.20. The zero-order valence-corrected chi connectivity index (χ0v) is 19.2. The number of rotatable bonds is 5. The Balaban J connectivity index is 1.43. The number of morpholine rings is 1. The molecule has 1 aliphatic rings. The van der Waals surface area contributed by atoms with E-state index >= 15 is 0 Å². The number of nitriles is 1. The minimum Gasteiger partial charge on any atom is -0.378 e. The molecule has 2 aromatic carbocycles. The summed E-state index contributed by atoms with van der Waals surface area (Å²) in [5.41, 5.74) is 3.19. The lowest BCUT2D eigenvalue weighted by atomic mass is 10.0. The average molecular weight is 490 g/mol. The Labute approximate surface area is 204 Å². The number of hydrogen-bond donors (Lipinski definition) is 3. The summed E-state index contributed by atoms with van der Waals surface area (Å²) in [7, 11) is 0. The van der Waals surface area contributed by atoms with Gasteiger partial charge in [-0.2, -0.15) is 10.4 Å². The van der Waals surface area contributed by atoms with Gasteiger partial charge in [-0.05, 0) is 42.0 Å². The molecule has 1 aliphatic heterocycles. The van der Waals surface area contributed by atoms with Gasteiger partial charge in [-0.1, -0.05) is 12.1 Å². The van der Waals surface area contributed by atoms with Crippen LogP contribution in [0.15, 0.2) is 54.9 Å². The van der Waals surface area contributed by atoms with Crippen LogP contribution in [0.25, 0.3) is 21.8 Å². The largest absolute Gasteiger partial charge is 0.378 e. The van der Waals surface area contributed by atoms with E-state index < -0.39 is 6.03 Å². The van der Waals surface area contributed by atoms with Crippen molar-refractivity contribution in [3.05, 3.63) is 66.2 Å². The number of thiophene rings is 1. The van der Waals surface area contributed by atoms with Gasteiger partial charge in [0.15, 0.2) is 5.82 Å². The van der Waals surface area contributed by atoms with Crippen molar-refractivity contribution in [3.8, 4) is 27.9 Å². The lowest BCUT2D eigenvalue weighted by Crippen LogP contribution is -2.36. The molecule has 0 saturated carbocycles. The van der Waals surface area contributed by atoms with Crippen LogP contribution in [0.5, 0.6) is 0 Å². The van der Waals surface area contributed by atoms with E-state index in [2.05, 4.69) is 36.8 Å². The first kappa shape index (κ1) is 22.5. The Kier molecular flexibility index (Phi) is 6.38. The first-order valence-corrected chi connectivity index (χ1v) is 11.6. The summed E-state index contributed by atoms with van der Waals surface area (Å²) in [4.78, 5) is 19.6. The summed E-state index contributed by atoms with van der Waals surface area (Å²) in [6.07, 6.45) is 1.44. The maximum absolute atomic E-state index is 13.1. The van der Waals surface area contributed by atoms with Gasteiger partial charge in [0.1, 0.15) is 23.2 Å². The fourth-order valence-electron chi connectivity index (χ4n) is 3.82. The van der Waals surface area contributed by atoms with E-state index in [1.165, 1.54) is 41.9 Å². The molecule has 5 rings (SSSR count). The van der Waals surface area contributed by atoms with Crippen molar-refractivity contribution in [2.75, 3.05) is 41.8 Å². The molecule has 176 valence electrons. The molecule has 3 N–H and O–H groups in total. The van der Waals surface area contributed by atoms with Gasteiger partial charge < -0.3 is 20.3 Å². The van der Waals surface area contributed by atoms with Crippen LogP contribution in [-0.2, 0) is 4.74 Å². The van der Waals surface area contributed by atoms with Gasteiger partial charge in [-0.3, -0.25) is 5.10 Å². The summed E-state index contributed by atoms with van der Waals surface area (Å²) < 4.78 is 18.5. The molecule has 0 unspecified atom stereocenters. The molecular weight excluding hydrogens is 469 g/mol. The monoisotopic (exact) mass is 489 g/mol. The molecule has 0 radical (unpaired) electrons. The second-order valence-electron chi connectivity index (χ2n) is 7.70. The highest BCUT2D eigenvalue weighted by Crippen LogP contribution is 2.46. The van der Waals surface area contributed by atoms with Crippen LogP contribution >= 0.6 is 11.3 Å². The van der Waals surface area contributed by atoms with Crippen molar-refractivity contribution in [2.45, 2.75) is 0 Å². The standard InChI is InChI=1S/C24H20FN7O2S/c25-16-3-7-18(8-4-16)30-24(33)29-17-5-1-15(2-6-17)20-19(13-26)23(32-9-11-34-12-10-32)35-21(20)22-27-14-28-31-22/h1-8,14H,9-12H2,(H,27,28,31)(H2,29,30,33). The lowest BCUT2D eigenvalue weighted by Gasteiger charge is -2.27. The Hall–Kier alpha value is -4.27. The number of H-pyrrole nitrogens is 1.